The van der Waals surface area contributed by atoms with Crippen molar-refractivity contribution in [2.24, 2.45) is 37.6 Å². The van der Waals surface area contributed by atoms with Gasteiger partial charge in [-0.05, 0) is 94.8 Å². The van der Waals surface area contributed by atoms with E-state index in [2.05, 4.69) is 52.7 Å². The maximum atomic E-state index is 13.6. The maximum Gasteiger partial charge on any atom is 0.255 e. The minimum atomic E-state index is -0.489. The average Bonchev–Trinajstić information content (AvgIpc) is 3.07. The molecule has 3 rings (SSSR count). The molecular formula is C33H42N16O2. The van der Waals surface area contributed by atoms with Gasteiger partial charge in [-0.1, -0.05) is 0 Å². The van der Waals surface area contributed by atoms with Crippen LogP contribution in [0.15, 0.2) is 75.0 Å². The average molecular weight is 695 g/mol. The van der Waals surface area contributed by atoms with E-state index in [0.29, 0.717) is 62.0 Å². The van der Waals surface area contributed by atoms with Gasteiger partial charge >= 0.3 is 0 Å². The summed E-state index contributed by atoms with van der Waals surface area (Å²) >= 11 is 0. The number of aryl methyl sites for hydroxylation is 1. The molecule has 0 aliphatic carbocycles. The van der Waals surface area contributed by atoms with Gasteiger partial charge in [0.15, 0.2) is 0 Å². The van der Waals surface area contributed by atoms with Gasteiger partial charge in [0.25, 0.3) is 11.8 Å². The van der Waals surface area contributed by atoms with Crippen molar-refractivity contribution in [2.75, 3.05) is 17.7 Å². The lowest BCUT2D eigenvalue weighted by Gasteiger charge is -2.14. The normalized spacial score (nSPS) is 12.0. The van der Waals surface area contributed by atoms with E-state index in [9.17, 15) is 9.59 Å². The number of amides is 2. The van der Waals surface area contributed by atoms with Crippen LogP contribution in [0.5, 0.6) is 0 Å². The third-order valence-electron chi connectivity index (χ3n) is 6.97. The highest BCUT2D eigenvalue weighted by molar-refractivity contribution is 6.12. The zero-order chi connectivity index (χ0) is 37.8. The molecule has 0 fully saturated rings. The van der Waals surface area contributed by atoms with Crippen LogP contribution in [-0.4, -0.2) is 59.6 Å². The minimum Gasteiger partial charge on any atom is -0.369 e. The highest BCUT2D eigenvalue weighted by Crippen LogP contribution is 2.21. The lowest BCUT2D eigenvalue weighted by Crippen LogP contribution is -2.27. The summed E-state index contributed by atoms with van der Waals surface area (Å²) in [6.45, 7) is 8.69. The molecule has 0 spiro atoms. The first kappa shape index (κ1) is 38.3. The molecule has 15 N–H and O–H groups in total. The second-order valence-corrected chi connectivity index (χ2v) is 11.2. The summed E-state index contributed by atoms with van der Waals surface area (Å²) in [5.41, 5.74) is 32.6. The summed E-state index contributed by atoms with van der Waals surface area (Å²) in [4.78, 5) is 27.2. The number of hydrogen-bond acceptors (Lipinski definition) is 10. The molecule has 0 saturated heterocycles. The van der Waals surface area contributed by atoms with Crippen molar-refractivity contribution in [2.45, 2.75) is 34.6 Å². The van der Waals surface area contributed by atoms with Gasteiger partial charge in [-0.2, -0.15) is 20.4 Å². The number of hydrazone groups is 4. The molecule has 18 heteroatoms. The van der Waals surface area contributed by atoms with Crippen molar-refractivity contribution < 1.29 is 9.59 Å². The van der Waals surface area contributed by atoms with Gasteiger partial charge in [-0.15, -0.1) is 0 Å². The van der Waals surface area contributed by atoms with E-state index in [-0.39, 0.29) is 29.0 Å². The Morgan fingerprint density at radius 1 is 0.510 bits per heavy atom. The first-order valence-electron chi connectivity index (χ1n) is 15.3. The molecule has 0 aromatic heterocycles. The third-order valence-corrected chi connectivity index (χ3v) is 6.97. The molecule has 2 amide bonds. The van der Waals surface area contributed by atoms with Crippen molar-refractivity contribution in [3.63, 3.8) is 0 Å². The molecule has 3 aromatic rings. The first-order chi connectivity index (χ1) is 24.1. The Morgan fingerprint density at radius 3 is 1.10 bits per heavy atom. The second kappa shape index (κ2) is 17.3. The molecule has 266 valence electrons. The van der Waals surface area contributed by atoms with Gasteiger partial charge in [0.05, 0.1) is 22.8 Å². The van der Waals surface area contributed by atoms with Crippen LogP contribution in [0.4, 0.5) is 11.4 Å². The van der Waals surface area contributed by atoms with Crippen LogP contribution in [0.2, 0.25) is 0 Å². The third kappa shape index (κ3) is 11.5. The molecule has 3 aromatic carbocycles. The summed E-state index contributed by atoms with van der Waals surface area (Å²) in [6, 6.07) is 15.2. The monoisotopic (exact) mass is 694 g/mol. The van der Waals surface area contributed by atoms with Crippen molar-refractivity contribution in [3.05, 3.63) is 93.5 Å². The smallest absolute Gasteiger partial charge is 0.255 e. The molecular weight excluding hydrogens is 652 g/mol. The topological polar surface area (TPSA) is 305 Å². The molecule has 0 unspecified atom stereocenters. The van der Waals surface area contributed by atoms with Crippen molar-refractivity contribution in [3.8, 4) is 0 Å². The molecule has 0 aliphatic rings. The number of hydrogen-bond donors (Lipinski definition) is 12. The summed E-state index contributed by atoms with van der Waals surface area (Å²) < 4.78 is 0. The van der Waals surface area contributed by atoms with Crippen LogP contribution in [0, 0.1) is 23.2 Å². The molecule has 0 heterocycles. The van der Waals surface area contributed by atoms with Gasteiger partial charge in [0, 0.05) is 51.8 Å². The molecule has 0 saturated carbocycles. The maximum absolute atomic E-state index is 13.6. The van der Waals surface area contributed by atoms with Crippen molar-refractivity contribution in [1.82, 2.24) is 21.7 Å². The quantitative estimate of drug-likeness (QED) is 0.0749. The van der Waals surface area contributed by atoms with E-state index in [1.54, 1.807) is 84.1 Å². The largest absolute Gasteiger partial charge is 0.369 e. The van der Waals surface area contributed by atoms with Crippen LogP contribution in [-0.2, 0) is 0 Å². The van der Waals surface area contributed by atoms with Crippen LogP contribution in [0.3, 0.4) is 0 Å². The SMILES string of the molecule is CN/N=C(/C)c1cc(NC(=O)c2cc(C)cc(C(=O)Nc3cc(/C(C)=N\NC(=N)N)cc(/C(C)=N/NC(=N)N)c3)c2)cc(/C(C)=N\NC(=N)N)c1. The van der Waals surface area contributed by atoms with Crippen LogP contribution in [0.25, 0.3) is 0 Å². The van der Waals surface area contributed by atoms with Gasteiger partial charge in [0.1, 0.15) is 0 Å². The number of carbonyl (C=O) groups excluding carboxylic acids is 2. The number of nitrogens with zero attached hydrogens (tertiary/aromatic N) is 4. The van der Waals surface area contributed by atoms with Gasteiger partial charge in [-0.25, -0.2) is 16.3 Å². The molecule has 0 atom stereocenters. The Hall–Kier alpha value is -7.11. The fourth-order valence-corrected chi connectivity index (χ4v) is 4.55. The predicted molar refractivity (Wildman–Crippen MR) is 203 cm³/mol. The standard InChI is InChI=1S/C33H42N16O2/c1-16-7-25(29(50)41-27-12-21(17(2)43-40-6)9-22(13-27)18(3)44-47-31(34)35)11-26(8-16)30(51)42-28-14-23(19(4)45-48-32(36)37)10-24(15-28)20(5)46-49-33(38)39/h7-15,40H,1-6H3,(H,41,50)(H,42,51)(H4,34,35,47)(H4,36,37,48)(H4,38,39,49)/b43-17-,44-18-,45-19-,46-20+. The highest BCUT2D eigenvalue weighted by atomic mass is 16.2. The zero-order valence-corrected chi connectivity index (χ0v) is 29.0. The fourth-order valence-electron chi connectivity index (χ4n) is 4.55. The predicted octanol–water partition coefficient (Wildman–Crippen LogP) is 2.06. The Labute approximate surface area is 294 Å². The van der Waals surface area contributed by atoms with E-state index < -0.39 is 11.8 Å². The van der Waals surface area contributed by atoms with Gasteiger partial charge in [0.2, 0.25) is 17.9 Å². The Morgan fingerprint density at radius 2 is 0.804 bits per heavy atom. The summed E-state index contributed by atoms with van der Waals surface area (Å²) in [7, 11) is 1.67. The van der Waals surface area contributed by atoms with E-state index in [4.69, 9.17) is 33.4 Å². The van der Waals surface area contributed by atoms with Crippen molar-refractivity contribution >= 4 is 63.9 Å². The lowest BCUT2D eigenvalue weighted by molar-refractivity contribution is 0.102. The van der Waals surface area contributed by atoms with E-state index in [0.717, 1.165) is 0 Å². The fraction of sp³-hybridized carbons (Fsp3) is 0.182. The minimum absolute atomic E-state index is 0.226. The number of rotatable bonds is 12. The number of nitrogens with one attached hydrogen (secondary N) is 9. The first-order valence-corrected chi connectivity index (χ1v) is 15.3. The molecule has 18 nitrogen and oxygen atoms in total. The summed E-state index contributed by atoms with van der Waals surface area (Å²) in [5.74, 6) is -1.97. The number of carbonyl (C=O) groups is 2. The number of guanidine groups is 3. The van der Waals surface area contributed by atoms with Crippen LogP contribution >= 0.6 is 0 Å². The van der Waals surface area contributed by atoms with Gasteiger partial charge < -0.3 is 33.3 Å². The summed E-state index contributed by atoms with van der Waals surface area (Å²) in [6.07, 6.45) is 0. The van der Waals surface area contributed by atoms with Gasteiger partial charge in [-0.3, -0.25) is 25.8 Å². The highest BCUT2D eigenvalue weighted by Gasteiger charge is 2.16. The Kier molecular flexibility index (Phi) is 13.0. The molecule has 0 radical (unpaired) electrons. The van der Waals surface area contributed by atoms with Crippen LogP contribution < -0.4 is 49.5 Å². The second-order valence-electron chi connectivity index (χ2n) is 11.2. The number of anilines is 2. The van der Waals surface area contributed by atoms with E-state index in [1.165, 1.54) is 6.07 Å². The summed E-state index contributed by atoms with van der Waals surface area (Å²) in [5, 5.41) is 44.5. The van der Waals surface area contributed by atoms with E-state index in [1.807, 2.05) is 6.07 Å². The zero-order valence-electron chi connectivity index (χ0n) is 29.0. The molecule has 0 bridgehead atoms. The van der Waals surface area contributed by atoms with E-state index >= 15 is 0 Å². The van der Waals surface area contributed by atoms with Crippen molar-refractivity contribution in [1.29, 1.82) is 16.2 Å². The molecule has 0 aliphatic heterocycles. The molecule has 51 heavy (non-hydrogen) atoms. The number of benzene rings is 3. The Bertz CT molecular complexity index is 1940. The lowest BCUT2D eigenvalue weighted by atomic mass is 10.0. The Balaban J connectivity index is 1.98. The van der Waals surface area contributed by atoms with Crippen LogP contribution in [0.1, 0.15) is 76.2 Å². The number of nitrogens with two attached hydrogens (primary N) is 3.